The fourth-order valence-electron chi connectivity index (χ4n) is 3.15. The van der Waals surface area contributed by atoms with Crippen molar-refractivity contribution >= 4 is 12.4 Å². The van der Waals surface area contributed by atoms with Gasteiger partial charge in [0.15, 0.2) is 0 Å². The molecular formula is C14H18N2. The van der Waals surface area contributed by atoms with Gasteiger partial charge in [0.1, 0.15) is 0 Å². The molecule has 0 saturated carbocycles. The molecule has 1 aromatic rings. The Balaban J connectivity index is 2.30. The molecular weight excluding hydrogens is 196 g/mol. The summed E-state index contributed by atoms with van der Waals surface area (Å²) in [5.41, 5.74) is 6.73. The Bertz CT molecular complexity index is 472. The van der Waals surface area contributed by atoms with E-state index in [2.05, 4.69) is 25.6 Å². The molecule has 2 heteroatoms. The van der Waals surface area contributed by atoms with Crippen LogP contribution in [-0.2, 0) is 24.7 Å². The summed E-state index contributed by atoms with van der Waals surface area (Å²) in [6.45, 7) is 8.34. The number of rotatable bonds is 1. The molecule has 1 heterocycles. The number of hydrogen-bond donors (Lipinski definition) is 0. The van der Waals surface area contributed by atoms with Gasteiger partial charge in [-0.2, -0.15) is 0 Å². The molecule has 0 saturated heterocycles. The first-order valence-electron chi connectivity index (χ1n) is 6.15. The van der Waals surface area contributed by atoms with Crippen molar-refractivity contribution in [1.29, 1.82) is 0 Å². The van der Waals surface area contributed by atoms with Gasteiger partial charge in [-0.3, -0.25) is 9.98 Å². The lowest BCUT2D eigenvalue weighted by Gasteiger charge is -2.19. The van der Waals surface area contributed by atoms with Gasteiger partial charge in [0, 0.05) is 16.7 Å². The van der Waals surface area contributed by atoms with Crippen LogP contribution in [0, 0.1) is 0 Å². The zero-order valence-corrected chi connectivity index (χ0v) is 10.1. The van der Waals surface area contributed by atoms with E-state index >= 15 is 0 Å². The molecule has 0 spiro atoms. The molecule has 0 N–H and O–H groups in total. The van der Waals surface area contributed by atoms with E-state index in [1.807, 2.05) is 0 Å². The third kappa shape index (κ3) is 1.19. The van der Waals surface area contributed by atoms with Crippen LogP contribution in [-0.4, -0.2) is 11.7 Å². The highest BCUT2D eigenvalue weighted by atomic mass is 14.8. The Morgan fingerprint density at radius 3 is 2.75 bits per heavy atom. The first kappa shape index (κ1) is 10.0. The van der Waals surface area contributed by atoms with Gasteiger partial charge in [-0.05, 0) is 44.4 Å². The van der Waals surface area contributed by atoms with Crippen LogP contribution in [0.3, 0.4) is 0 Å². The Morgan fingerprint density at radius 1 is 1.19 bits per heavy atom. The van der Waals surface area contributed by atoms with E-state index in [-0.39, 0.29) is 5.41 Å². The van der Waals surface area contributed by atoms with Gasteiger partial charge in [-0.25, -0.2) is 0 Å². The van der Waals surface area contributed by atoms with Gasteiger partial charge < -0.3 is 0 Å². The lowest BCUT2D eigenvalue weighted by atomic mass is 9.90. The Labute approximate surface area is 96.8 Å². The summed E-state index contributed by atoms with van der Waals surface area (Å²) in [6.07, 6.45) is 5.82. The molecule has 0 unspecified atom stereocenters. The largest absolute Gasteiger partial charge is 0.264 e. The van der Waals surface area contributed by atoms with Crippen LogP contribution in [0.15, 0.2) is 4.99 Å². The van der Waals surface area contributed by atoms with E-state index < -0.39 is 0 Å². The van der Waals surface area contributed by atoms with Crippen LogP contribution >= 0.6 is 0 Å². The maximum absolute atomic E-state index is 4.91. The maximum Gasteiger partial charge on any atom is 0.0722 e. The quantitative estimate of drug-likeness (QED) is 0.659. The zero-order valence-electron chi connectivity index (χ0n) is 10.1. The first-order chi connectivity index (χ1) is 7.63. The number of aryl methyl sites for hydroxylation is 1. The maximum atomic E-state index is 4.91. The van der Waals surface area contributed by atoms with Crippen LogP contribution in [0.2, 0.25) is 0 Å². The van der Waals surface area contributed by atoms with Gasteiger partial charge in [0.25, 0.3) is 0 Å². The molecule has 2 aliphatic carbocycles. The monoisotopic (exact) mass is 214 g/mol. The van der Waals surface area contributed by atoms with Gasteiger partial charge in [-0.15, -0.1) is 0 Å². The minimum atomic E-state index is 0.229. The highest BCUT2D eigenvalue weighted by Crippen LogP contribution is 2.44. The van der Waals surface area contributed by atoms with Gasteiger partial charge in [-0.1, -0.05) is 13.8 Å². The lowest BCUT2D eigenvalue weighted by molar-refractivity contribution is 0.508. The van der Waals surface area contributed by atoms with E-state index in [0.29, 0.717) is 0 Å². The van der Waals surface area contributed by atoms with Crippen LogP contribution in [0.1, 0.15) is 49.2 Å². The summed E-state index contributed by atoms with van der Waals surface area (Å²) in [4.78, 5) is 9.20. The second kappa shape index (κ2) is 3.16. The molecule has 0 bridgehead atoms. The number of nitrogens with zero attached hydrogens (tertiary/aromatic N) is 2. The van der Waals surface area contributed by atoms with Crippen LogP contribution < -0.4 is 0 Å². The molecule has 84 valence electrons. The van der Waals surface area contributed by atoms with Crippen molar-refractivity contribution < 1.29 is 0 Å². The summed E-state index contributed by atoms with van der Waals surface area (Å²) < 4.78 is 0. The SMILES string of the molecule is C=Nc1c2c(nc3c1CCC3(C)C)CCC2. The molecule has 2 aliphatic rings. The lowest BCUT2D eigenvalue weighted by Crippen LogP contribution is -2.15. The highest BCUT2D eigenvalue weighted by molar-refractivity contribution is 5.63. The van der Waals surface area contributed by atoms with Crippen molar-refractivity contribution in [2.24, 2.45) is 4.99 Å². The summed E-state index contributed by atoms with van der Waals surface area (Å²) in [5, 5.41) is 0. The molecule has 3 rings (SSSR count). The number of aliphatic imine (C=N–C) groups is 1. The van der Waals surface area contributed by atoms with Gasteiger partial charge >= 0.3 is 0 Å². The Kier molecular flexibility index (Phi) is 1.97. The second-order valence-electron chi connectivity index (χ2n) is 5.61. The number of hydrogen-bond acceptors (Lipinski definition) is 2. The average Bonchev–Trinajstić information content (AvgIpc) is 2.81. The van der Waals surface area contributed by atoms with E-state index in [1.165, 1.54) is 41.0 Å². The Hall–Kier alpha value is -1.18. The first-order valence-corrected chi connectivity index (χ1v) is 6.15. The Morgan fingerprint density at radius 2 is 2.00 bits per heavy atom. The molecule has 2 nitrogen and oxygen atoms in total. The fourth-order valence-corrected chi connectivity index (χ4v) is 3.15. The van der Waals surface area contributed by atoms with Crippen molar-refractivity contribution in [3.63, 3.8) is 0 Å². The van der Waals surface area contributed by atoms with Gasteiger partial charge in [0.2, 0.25) is 0 Å². The van der Waals surface area contributed by atoms with Crippen molar-refractivity contribution in [3.05, 3.63) is 22.5 Å². The molecule has 0 atom stereocenters. The number of pyridine rings is 1. The van der Waals surface area contributed by atoms with Crippen molar-refractivity contribution in [3.8, 4) is 0 Å². The molecule has 1 aromatic heterocycles. The highest BCUT2D eigenvalue weighted by Gasteiger charge is 2.35. The predicted molar refractivity (Wildman–Crippen MR) is 66.8 cm³/mol. The number of fused-ring (bicyclic) bond motifs is 2. The minimum Gasteiger partial charge on any atom is -0.264 e. The van der Waals surface area contributed by atoms with Gasteiger partial charge in [0.05, 0.1) is 11.4 Å². The summed E-state index contributed by atoms with van der Waals surface area (Å²) in [6, 6.07) is 0. The van der Waals surface area contributed by atoms with E-state index in [1.54, 1.807) is 0 Å². The van der Waals surface area contributed by atoms with Crippen LogP contribution in [0.5, 0.6) is 0 Å². The summed E-state index contributed by atoms with van der Waals surface area (Å²) in [5.74, 6) is 0. The predicted octanol–water partition coefficient (Wildman–Crippen LogP) is 3.13. The summed E-state index contributed by atoms with van der Waals surface area (Å²) >= 11 is 0. The minimum absolute atomic E-state index is 0.229. The summed E-state index contributed by atoms with van der Waals surface area (Å²) in [7, 11) is 0. The van der Waals surface area contributed by atoms with Crippen molar-refractivity contribution in [2.45, 2.75) is 51.4 Å². The van der Waals surface area contributed by atoms with Crippen LogP contribution in [0.4, 0.5) is 5.69 Å². The molecule has 0 aromatic carbocycles. The third-order valence-corrected chi connectivity index (χ3v) is 4.09. The van der Waals surface area contributed by atoms with E-state index in [0.717, 1.165) is 19.3 Å². The average molecular weight is 214 g/mol. The second-order valence-corrected chi connectivity index (χ2v) is 5.61. The van der Waals surface area contributed by atoms with E-state index in [4.69, 9.17) is 4.98 Å². The standard InChI is InChI=1S/C14H18N2/c1-14(2)8-7-10-12(15-3)9-5-4-6-11(9)16-13(10)14/h3-8H2,1-2H3. The van der Waals surface area contributed by atoms with Crippen molar-refractivity contribution in [2.75, 3.05) is 0 Å². The smallest absolute Gasteiger partial charge is 0.0722 e. The molecule has 16 heavy (non-hydrogen) atoms. The van der Waals surface area contributed by atoms with E-state index in [9.17, 15) is 0 Å². The molecule has 0 fully saturated rings. The molecule has 0 amide bonds. The third-order valence-electron chi connectivity index (χ3n) is 4.09. The molecule has 0 radical (unpaired) electrons. The van der Waals surface area contributed by atoms with Crippen LogP contribution in [0.25, 0.3) is 0 Å². The molecule has 0 aliphatic heterocycles. The zero-order chi connectivity index (χ0) is 11.3. The van der Waals surface area contributed by atoms with Crippen molar-refractivity contribution in [1.82, 2.24) is 4.98 Å². The normalized spacial score (nSPS) is 20.6. The number of aromatic nitrogens is 1. The fraction of sp³-hybridized carbons (Fsp3) is 0.571. The topological polar surface area (TPSA) is 25.2 Å².